The number of piperidine rings is 1. The molecule has 0 aromatic heterocycles. The first-order valence-corrected chi connectivity index (χ1v) is 11.3. The highest BCUT2D eigenvalue weighted by Crippen LogP contribution is 2.45. The van der Waals surface area contributed by atoms with Gasteiger partial charge in [0.25, 0.3) is 0 Å². The monoisotopic (exact) mass is 429 g/mol. The van der Waals surface area contributed by atoms with E-state index in [2.05, 4.69) is 27.7 Å². The van der Waals surface area contributed by atoms with Crippen molar-refractivity contribution in [2.24, 2.45) is 11.8 Å². The molecule has 7 heteroatoms. The number of hydrogen-bond acceptors (Lipinski definition) is 5. The lowest BCUT2D eigenvalue weighted by atomic mass is 9.69. The summed E-state index contributed by atoms with van der Waals surface area (Å²) in [5, 5.41) is 30.6. The summed E-state index contributed by atoms with van der Waals surface area (Å²) in [5.74, 6) is -1.83. The third kappa shape index (κ3) is 8.90. The highest BCUT2D eigenvalue weighted by Gasteiger charge is 2.49. The maximum atomic E-state index is 12.1. The lowest BCUT2D eigenvalue weighted by Crippen LogP contribution is -2.62. The molecular formula is C23H43NO6. The molecule has 1 heterocycles. The largest absolute Gasteiger partial charge is 0.481 e. The molecule has 0 spiro atoms. The predicted octanol–water partition coefficient (Wildman–Crippen LogP) is 4.47. The van der Waals surface area contributed by atoms with Crippen molar-refractivity contribution in [1.82, 2.24) is 5.06 Å². The Morgan fingerprint density at radius 2 is 1.50 bits per heavy atom. The van der Waals surface area contributed by atoms with Crippen LogP contribution in [0.5, 0.6) is 0 Å². The van der Waals surface area contributed by atoms with Crippen molar-refractivity contribution in [3.63, 3.8) is 0 Å². The summed E-state index contributed by atoms with van der Waals surface area (Å²) in [5.41, 5.74) is -1.62. The Balaban J connectivity index is 2.67. The molecule has 1 aliphatic heterocycles. The minimum Gasteiger partial charge on any atom is -0.481 e. The van der Waals surface area contributed by atoms with Gasteiger partial charge in [-0.05, 0) is 73.1 Å². The number of carboxylic acids is 2. The van der Waals surface area contributed by atoms with Crippen LogP contribution >= 0.6 is 0 Å². The first kappa shape index (κ1) is 26.9. The molecule has 176 valence electrons. The summed E-state index contributed by atoms with van der Waals surface area (Å²) >= 11 is 0. The zero-order valence-corrected chi connectivity index (χ0v) is 19.7. The van der Waals surface area contributed by atoms with Crippen molar-refractivity contribution in [2.45, 2.75) is 116 Å². The van der Waals surface area contributed by atoms with Crippen LogP contribution in [-0.2, 0) is 14.4 Å². The summed E-state index contributed by atoms with van der Waals surface area (Å²) in [6, 6.07) is 0. The second kappa shape index (κ2) is 10.9. The maximum Gasteiger partial charge on any atom is 0.306 e. The molecule has 0 aromatic carbocycles. The van der Waals surface area contributed by atoms with Crippen LogP contribution < -0.4 is 0 Å². The molecule has 30 heavy (non-hydrogen) atoms. The molecule has 0 aromatic rings. The van der Waals surface area contributed by atoms with Crippen LogP contribution in [0, 0.1) is 11.8 Å². The summed E-state index contributed by atoms with van der Waals surface area (Å²) < 4.78 is 0. The van der Waals surface area contributed by atoms with E-state index in [1.54, 1.807) is 13.8 Å². The van der Waals surface area contributed by atoms with E-state index in [-0.39, 0.29) is 35.9 Å². The van der Waals surface area contributed by atoms with Crippen molar-refractivity contribution < 1.29 is 29.7 Å². The average molecular weight is 430 g/mol. The molecule has 1 fully saturated rings. The van der Waals surface area contributed by atoms with Gasteiger partial charge in [-0.15, -0.1) is 0 Å². The van der Waals surface area contributed by atoms with Crippen molar-refractivity contribution in [3.8, 4) is 0 Å². The van der Waals surface area contributed by atoms with Crippen LogP contribution in [0.4, 0.5) is 0 Å². The van der Waals surface area contributed by atoms with Crippen molar-refractivity contribution in [3.05, 3.63) is 0 Å². The molecule has 1 aliphatic rings. The van der Waals surface area contributed by atoms with Crippen LogP contribution in [0.2, 0.25) is 0 Å². The fourth-order valence-corrected chi connectivity index (χ4v) is 4.93. The molecule has 1 unspecified atom stereocenters. The topological polar surface area (TPSA) is 107 Å². The smallest absolute Gasteiger partial charge is 0.306 e. The van der Waals surface area contributed by atoms with Gasteiger partial charge in [0, 0.05) is 17.5 Å². The third-order valence-corrected chi connectivity index (χ3v) is 5.96. The number of rotatable bonds is 13. The van der Waals surface area contributed by atoms with Gasteiger partial charge in [0.15, 0.2) is 0 Å². The number of aliphatic hydroxyl groups is 1. The van der Waals surface area contributed by atoms with Crippen LogP contribution in [0.1, 0.15) is 99.3 Å². The molecular weight excluding hydrogens is 386 g/mol. The van der Waals surface area contributed by atoms with Gasteiger partial charge in [-0.25, -0.2) is 0 Å². The molecule has 0 saturated carbocycles. The van der Waals surface area contributed by atoms with Crippen LogP contribution in [0.3, 0.4) is 0 Å². The molecule has 1 saturated heterocycles. The number of carboxylic acid groups (broad SMARTS) is 2. The van der Waals surface area contributed by atoms with Crippen LogP contribution in [0.15, 0.2) is 0 Å². The van der Waals surface area contributed by atoms with Crippen LogP contribution in [0.25, 0.3) is 0 Å². The Hall–Kier alpha value is -1.18. The molecule has 1 rings (SSSR count). The summed E-state index contributed by atoms with van der Waals surface area (Å²) in [7, 11) is 0. The van der Waals surface area contributed by atoms with Crippen molar-refractivity contribution >= 4 is 11.9 Å². The maximum absolute atomic E-state index is 12.1. The molecule has 7 nitrogen and oxygen atoms in total. The predicted molar refractivity (Wildman–Crippen MR) is 116 cm³/mol. The highest BCUT2D eigenvalue weighted by molar-refractivity contribution is 5.70. The molecule has 0 amide bonds. The van der Waals surface area contributed by atoms with Gasteiger partial charge in [0.05, 0.1) is 18.1 Å². The van der Waals surface area contributed by atoms with E-state index in [0.717, 1.165) is 38.5 Å². The molecule has 1 atom stereocenters. The molecule has 0 radical (unpaired) electrons. The van der Waals surface area contributed by atoms with Gasteiger partial charge in [0.2, 0.25) is 0 Å². The standard InChI is InChI=1S/C23H43NO6/c1-21(2)14-17(15-22(3,4)24(21)30-16-23(5,6)29)18(20(27)28)12-10-8-7-9-11-13-19(25)26/h17-18,29H,7-16H2,1-6H3,(H,25,26)(H,27,28). The van der Waals surface area contributed by atoms with E-state index >= 15 is 0 Å². The molecule has 0 aliphatic carbocycles. The first-order valence-electron chi connectivity index (χ1n) is 11.3. The van der Waals surface area contributed by atoms with E-state index in [9.17, 15) is 19.8 Å². The van der Waals surface area contributed by atoms with E-state index in [4.69, 9.17) is 9.94 Å². The van der Waals surface area contributed by atoms with Gasteiger partial charge in [-0.3, -0.25) is 14.4 Å². The molecule has 3 N–H and O–H groups in total. The van der Waals surface area contributed by atoms with E-state index in [1.807, 2.05) is 5.06 Å². The van der Waals surface area contributed by atoms with Gasteiger partial charge in [-0.1, -0.05) is 25.7 Å². The Kier molecular flexibility index (Phi) is 9.77. The number of aliphatic carboxylic acids is 2. The van der Waals surface area contributed by atoms with Gasteiger partial charge in [0.1, 0.15) is 0 Å². The van der Waals surface area contributed by atoms with E-state index in [0.29, 0.717) is 12.8 Å². The first-order chi connectivity index (χ1) is 13.7. The summed E-state index contributed by atoms with van der Waals surface area (Å²) in [6.07, 6.45) is 6.58. The van der Waals surface area contributed by atoms with E-state index < -0.39 is 17.5 Å². The van der Waals surface area contributed by atoms with Crippen molar-refractivity contribution in [2.75, 3.05) is 6.61 Å². The zero-order valence-electron chi connectivity index (χ0n) is 19.7. The normalized spacial score (nSPS) is 20.8. The second-order valence-corrected chi connectivity index (χ2v) is 10.8. The number of nitrogens with zero attached hydrogens (tertiary/aromatic N) is 1. The number of carbonyl (C=O) groups is 2. The van der Waals surface area contributed by atoms with Gasteiger partial charge >= 0.3 is 11.9 Å². The van der Waals surface area contributed by atoms with Gasteiger partial charge in [-0.2, -0.15) is 5.06 Å². The fourth-order valence-electron chi connectivity index (χ4n) is 4.93. The second-order valence-electron chi connectivity index (χ2n) is 10.8. The number of unbranched alkanes of at least 4 members (excludes halogenated alkanes) is 4. The zero-order chi connectivity index (χ0) is 23.2. The lowest BCUT2D eigenvalue weighted by Gasteiger charge is -2.55. The number of hydrogen-bond donors (Lipinski definition) is 3. The molecule has 0 bridgehead atoms. The Morgan fingerprint density at radius 3 is 1.97 bits per heavy atom. The van der Waals surface area contributed by atoms with Gasteiger partial charge < -0.3 is 15.3 Å². The third-order valence-electron chi connectivity index (χ3n) is 5.96. The van der Waals surface area contributed by atoms with Crippen molar-refractivity contribution in [1.29, 1.82) is 0 Å². The average Bonchev–Trinajstić information content (AvgIpc) is 2.53. The quantitative estimate of drug-likeness (QED) is 0.371. The minimum atomic E-state index is -0.933. The fraction of sp³-hybridized carbons (Fsp3) is 0.913. The Morgan fingerprint density at radius 1 is 1.00 bits per heavy atom. The summed E-state index contributed by atoms with van der Waals surface area (Å²) in [4.78, 5) is 28.6. The highest BCUT2D eigenvalue weighted by atomic mass is 16.7. The van der Waals surface area contributed by atoms with E-state index in [1.165, 1.54) is 0 Å². The Labute approximate surface area is 181 Å². The SMILES string of the molecule is CC(C)(O)CON1C(C)(C)CC(C(CCCCCCCC(=O)O)C(=O)O)CC1(C)C. The number of hydroxylamine groups is 2. The van der Waals surface area contributed by atoms with Crippen LogP contribution in [-0.4, -0.2) is 55.6 Å². The Bertz CT molecular complexity index is 549. The minimum absolute atomic E-state index is 0.0569. The summed E-state index contributed by atoms with van der Waals surface area (Å²) in [6.45, 7) is 11.9. The lowest BCUT2D eigenvalue weighted by molar-refractivity contribution is -0.304.